The van der Waals surface area contributed by atoms with E-state index in [2.05, 4.69) is 10.1 Å². The van der Waals surface area contributed by atoms with E-state index in [9.17, 15) is 8.78 Å². The first kappa shape index (κ1) is 11.3. The average Bonchev–Trinajstić information content (AvgIpc) is 2.96. The molecule has 0 fully saturated rings. The van der Waals surface area contributed by atoms with Crippen LogP contribution in [0.15, 0.2) is 29.2 Å². The van der Waals surface area contributed by atoms with E-state index in [0.29, 0.717) is 11.1 Å². The summed E-state index contributed by atoms with van der Waals surface area (Å²) >= 11 is 1.27. The molecule has 0 spiro atoms. The zero-order valence-corrected chi connectivity index (χ0v) is 10.3. The van der Waals surface area contributed by atoms with Crippen LogP contribution in [0.1, 0.15) is 12.0 Å². The second-order valence-electron chi connectivity index (χ2n) is 3.94. The number of halogens is 2. The van der Waals surface area contributed by atoms with Crippen LogP contribution in [-0.2, 0) is 7.05 Å². The van der Waals surface area contributed by atoms with E-state index < -0.39 is 6.43 Å². The van der Waals surface area contributed by atoms with Crippen molar-refractivity contribution >= 4 is 22.4 Å². The molecule has 0 radical (unpaired) electrons. The van der Waals surface area contributed by atoms with E-state index in [1.54, 1.807) is 29.5 Å². The Morgan fingerprint density at radius 1 is 1.28 bits per heavy atom. The van der Waals surface area contributed by atoms with Crippen molar-refractivity contribution in [1.29, 1.82) is 0 Å². The normalized spacial score (nSPS) is 11.6. The zero-order valence-electron chi connectivity index (χ0n) is 9.47. The van der Waals surface area contributed by atoms with Crippen molar-refractivity contribution in [2.45, 2.75) is 6.43 Å². The molecule has 3 heterocycles. The summed E-state index contributed by atoms with van der Waals surface area (Å²) < 4.78 is 27.4. The summed E-state index contributed by atoms with van der Waals surface area (Å²) in [6.45, 7) is 0. The van der Waals surface area contributed by atoms with Crippen LogP contribution < -0.4 is 0 Å². The van der Waals surface area contributed by atoms with Crippen molar-refractivity contribution in [2.75, 3.05) is 0 Å². The second-order valence-corrected chi connectivity index (χ2v) is 4.68. The van der Waals surface area contributed by atoms with E-state index in [4.69, 9.17) is 0 Å². The highest BCUT2D eigenvalue weighted by molar-refractivity contribution is 7.08. The Bertz CT molecular complexity index is 702. The van der Waals surface area contributed by atoms with Gasteiger partial charge in [-0.1, -0.05) is 0 Å². The average molecular weight is 265 g/mol. The number of pyridine rings is 1. The summed E-state index contributed by atoms with van der Waals surface area (Å²) in [6.07, 6.45) is 0.798. The van der Waals surface area contributed by atoms with E-state index >= 15 is 0 Å². The topological polar surface area (TPSA) is 30.7 Å². The van der Waals surface area contributed by atoms with Gasteiger partial charge in [0.25, 0.3) is 6.43 Å². The Hall–Kier alpha value is -1.82. The molecule has 6 heteroatoms. The fourth-order valence-corrected chi connectivity index (χ4v) is 2.74. The molecule has 0 unspecified atom stereocenters. The lowest BCUT2D eigenvalue weighted by Crippen LogP contribution is -1.91. The number of hydrogen-bond donors (Lipinski definition) is 0. The maximum absolute atomic E-state index is 12.8. The van der Waals surface area contributed by atoms with Gasteiger partial charge in [-0.05, 0) is 11.4 Å². The fourth-order valence-electron chi connectivity index (χ4n) is 1.88. The number of alkyl halides is 2. The molecule has 0 bridgehead atoms. The van der Waals surface area contributed by atoms with Gasteiger partial charge in [-0.15, -0.1) is 0 Å². The number of rotatable bonds is 2. The third-order valence-electron chi connectivity index (χ3n) is 2.84. The van der Waals surface area contributed by atoms with Crippen LogP contribution in [0.5, 0.6) is 0 Å². The van der Waals surface area contributed by atoms with Crippen molar-refractivity contribution in [3.05, 3.63) is 34.8 Å². The smallest absolute Gasteiger partial charge is 0.265 e. The van der Waals surface area contributed by atoms with E-state index in [1.165, 1.54) is 16.7 Å². The quantitative estimate of drug-likeness (QED) is 0.708. The minimum absolute atomic E-state index is 0.0586. The minimum Gasteiger partial charge on any atom is -0.266 e. The summed E-state index contributed by atoms with van der Waals surface area (Å²) in [4.78, 5) is 4.23. The Labute approximate surface area is 106 Å². The summed E-state index contributed by atoms with van der Waals surface area (Å²) in [5.41, 5.74) is 2.89. The molecule has 0 amide bonds. The van der Waals surface area contributed by atoms with Crippen molar-refractivity contribution in [1.82, 2.24) is 14.8 Å². The fraction of sp³-hybridized carbons (Fsp3) is 0.167. The van der Waals surface area contributed by atoms with Gasteiger partial charge in [0.15, 0.2) is 0 Å². The van der Waals surface area contributed by atoms with Gasteiger partial charge in [0.05, 0.1) is 11.7 Å². The molecule has 0 saturated carbocycles. The predicted molar refractivity (Wildman–Crippen MR) is 66.8 cm³/mol. The van der Waals surface area contributed by atoms with E-state index in [0.717, 1.165) is 11.0 Å². The highest BCUT2D eigenvalue weighted by Crippen LogP contribution is 2.34. The first-order valence-electron chi connectivity index (χ1n) is 5.29. The lowest BCUT2D eigenvalue weighted by atomic mass is 10.1. The second kappa shape index (κ2) is 4.13. The first-order valence-corrected chi connectivity index (χ1v) is 6.23. The molecule has 0 aliphatic heterocycles. The molecule has 0 atom stereocenters. The Balaban J connectivity index is 2.19. The van der Waals surface area contributed by atoms with Crippen LogP contribution in [0.4, 0.5) is 8.78 Å². The summed E-state index contributed by atoms with van der Waals surface area (Å²) in [7, 11) is 1.80. The van der Waals surface area contributed by atoms with Crippen LogP contribution in [0.3, 0.4) is 0 Å². The molecular weight excluding hydrogens is 256 g/mol. The first-order chi connectivity index (χ1) is 8.66. The maximum atomic E-state index is 12.8. The molecule has 18 heavy (non-hydrogen) atoms. The van der Waals surface area contributed by atoms with Crippen LogP contribution in [0.25, 0.3) is 22.2 Å². The highest BCUT2D eigenvalue weighted by Gasteiger charge is 2.16. The molecule has 92 valence electrons. The summed E-state index contributed by atoms with van der Waals surface area (Å²) in [6, 6.07) is 1.84. The summed E-state index contributed by atoms with van der Waals surface area (Å²) in [5, 5.41) is 7.29. The largest absolute Gasteiger partial charge is 0.266 e. The van der Waals surface area contributed by atoms with Crippen LogP contribution >= 0.6 is 11.3 Å². The molecule has 0 N–H and O–H groups in total. The van der Waals surface area contributed by atoms with Gasteiger partial charge in [0.2, 0.25) is 0 Å². The molecular formula is C12H9F2N3S. The lowest BCUT2D eigenvalue weighted by Gasteiger charge is -2.03. The monoisotopic (exact) mass is 265 g/mol. The third-order valence-corrected chi connectivity index (χ3v) is 3.60. The van der Waals surface area contributed by atoms with Crippen molar-refractivity contribution < 1.29 is 8.78 Å². The number of nitrogens with zero attached hydrogens (tertiary/aromatic N) is 3. The number of thiophene rings is 1. The molecule has 3 nitrogen and oxygen atoms in total. The van der Waals surface area contributed by atoms with Gasteiger partial charge in [-0.3, -0.25) is 9.67 Å². The van der Waals surface area contributed by atoms with Crippen molar-refractivity contribution in [3.63, 3.8) is 0 Å². The van der Waals surface area contributed by atoms with Gasteiger partial charge in [0.1, 0.15) is 5.52 Å². The molecule has 0 aliphatic carbocycles. The minimum atomic E-state index is -2.46. The number of fused-ring (bicyclic) bond motifs is 1. The molecule has 3 rings (SSSR count). The summed E-state index contributed by atoms with van der Waals surface area (Å²) in [5.74, 6) is 0. The number of aryl methyl sites for hydroxylation is 1. The maximum Gasteiger partial charge on any atom is 0.265 e. The predicted octanol–water partition coefficient (Wildman–Crippen LogP) is 3.63. The van der Waals surface area contributed by atoms with E-state index in [1.807, 2.05) is 6.07 Å². The Morgan fingerprint density at radius 2 is 2.11 bits per heavy atom. The van der Waals surface area contributed by atoms with Crippen molar-refractivity contribution in [3.8, 4) is 11.1 Å². The van der Waals surface area contributed by atoms with E-state index in [-0.39, 0.29) is 5.56 Å². The van der Waals surface area contributed by atoms with Crippen molar-refractivity contribution in [2.24, 2.45) is 7.05 Å². The van der Waals surface area contributed by atoms with Crippen LogP contribution in [0, 0.1) is 0 Å². The number of hydrogen-bond acceptors (Lipinski definition) is 3. The zero-order chi connectivity index (χ0) is 12.7. The molecule has 3 aromatic rings. The van der Waals surface area contributed by atoms with Gasteiger partial charge >= 0.3 is 0 Å². The molecule has 0 aliphatic rings. The van der Waals surface area contributed by atoms with Crippen LogP contribution in [-0.4, -0.2) is 14.8 Å². The van der Waals surface area contributed by atoms with Gasteiger partial charge in [-0.2, -0.15) is 16.4 Å². The Morgan fingerprint density at radius 3 is 2.89 bits per heavy atom. The number of aromatic nitrogens is 3. The van der Waals surface area contributed by atoms with Gasteiger partial charge in [-0.25, -0.2) is 8.78 Å². The standard InChI is InChI=1S/C12H9F2N3S/c1-17-11-2-7(3-15-10(11)4-16-17)8-5-18-6-9(8)12(13)14/h2-6,12H,1H3. The Kier molecular flexibility index (Phi) is 2.59. The van der Waals surface area contributed by atoms with Crippen LogP contribution in [0.2, 0.25) is 0 Å². The SMILES string of the molecule is Cn1ncc2ncc(-c3cscc3C(F)F)cc21. The third kappa shape index (κ3) is 1.69. The highest BCUT2D eigenvalue weighted by atomic mass is 32.1. The molecule has 0 saturated heterocycles. The molecule has 3 aromatic heterocycles. The molecule has 0 aromatic carbocycles. The van der Waals surface area contributed by atoms with Gasteiger partial charge < -0.3 is 0 Å². The lowest BCUT2D eigenvalue weighted by molar-refractivity contribution is 0.152. The van der Waals surface area contributed by atoms with Gasteiger partial charge in [0, 0.05) is 35.3 Å².